The first-order chi connectivity index (χ1) is 8.31. The highest BCUT2D eigenvalue weighted by Gasteiger charge is 2.38. The summed E-state index contributed by atoms with van der Waals surface area (Å²) in [4.78, 5) is 6.63. The summed E-state index contributed by atoms with van der Waals surface area (Å²) in [5.41, 5.74) is 0.499. The molecule has 18 heavy (non-hydrogen) atoms. The van der Waals surface area contributed by atoms with Gasteiger partial charge in [-0.05, 0) is 45.4 Å². The predicted molar refractivity (Wildman–Crippen MR) is 71.6 cm³/mol. The summed E-state index contributed by atoms with van der Waals surface area (Å²) in [7, 11) is 0. The normalized spacial score (nSPS) is 21.9. The van der Waals surface area contributed by atoms with Crippen LogP contribution < -0.4 is 4.90 Å². The van der Waals surface area contributed by atoms with Crippen molar-refractivity contribution in [3.63, 3.8) is 0 Å². The molecule has 0 unspecified atom stereocenters. The Kier molecular flexibility index (Phi) is 3.34. The molecule has 1 aromatic rings. The molecule has 0 bridgehead atoms. The van der Waals surface area contributed by atoms with Crippen LogP contribution in [0.25, 0.3) is 0 Å². The molecule has 0 aromatic carbocycles. The van der Waals surface area contributed by atoms with Crippen molar-refractivity contribution in [2.24, 2.45) is 0 Å². The van der Waals surface area contributed by atoms with Gasteiger partial charge in [0.05, 0.1) is 17.8 Å². The second-order valence-electron chi connectivity index (χ2n) is 6.16. The minimum Gasteiger partial charge on any atom is -0.392 e. The van der Waals surface area contributed by atoms with Gasteiger partial charge in [0, 0.05) is 19.3 Å². The van der Waals surface area contributed by atoms with Crippen LogP contribution in [-0.2, 0) is 11.3 Å². The largest absolute Gasteiger partial charge is 0.392 e. The van der Waals surface area contributed by atoms with Gasteiger partial charge in [0.25, 0.3) is 0 Å². The molecule has 0 atom stereocenters. The van der Waals surface area contributed by atoms with Gasteiger partial charge >= 0.3 is 0 Å². The zero-order valence-electron chi connectivity index (χ0n) is 11.6. The highest BCUT2D eigenvalue weighted by Crippen LogP contribution is 2.30. The predicted octanol–water partition coefficient (Wildman–Crippen LogP) is 1.97. The first-order valence-corrected chi connectivity index (χ1v) is 6.32. The zero-order valence-corrected chi connectivity index (χ0v) is 11.6. The van der Waals surface area contributed by atoms with E-state index in [9.17, 15) is 5.11 Å². The molecule has 2 heterocycles. The minimum atomic E-state index is -0.196. The summed E-state index contributed by atoms with van der Waals surface area (Å²) in [6.07, 6.45) is 1.75. The summed E-state index contributed by atoms with van der Waals surface area (Å²) >= 11 is 0. The number of ether oxygens (including phenoxy) is 1. The van der Waals surface area contributed by atoms with Gasteiger partial charge < -0.3 is 14.7 Å². The Morgan fingerprint density at radius 2 is 1.89 bits per heavy atom. The molecule has 0 radical (unpaired) electrons. The average molecular weight is 250 g/mol. The number of hydrogen-bond acceptors (Lipinski definition) is 4. The van der Waals surface area contributed by atoms with Crippen molar-refractivity contribution >= 4 is 5.82 Å². The van der Waals surface area contributed by atoms with E-state index in [2.05, 4.69) is 37.6 Å². The quantitative estimate of drug-likeness (QED) is 0.871. The monoisotopic (exact) mass is 250 g/mol. The lowest BCUT2D eigenvalue weighted by Crippen LogP contribution is -2.57. The molecule has 4 heteroatoms. The highest BCUT2D eigenvalue weighted by molar-refractivity contribution is 5.42. The maximum atomic E-state index is 9.19. The number of nitrogens with zero attached hydrogens (tertiary/aromatic N) is 2. The van der Waals surface area contributed by atoms with Gasteiger partial charge in [0.1, 0.15) is 5.82 Å². The number of morpholine rings is 1. The average Bonchev–Trinajstić information content (AvgIpc) is 2.25. The first kappa shape index (κ1) is 13.3. The van der Waals surface area contributed by atoms with Crippen molar-refractivity contribution in [1.82, 2.24) is 4.98 Å². The van der Waals surface area contributed by atoms with Crippen LogP contribution in [0.4, 0.5) is 5.82 Å². The minimum absolute atomic E-state index is 0.0483. The molecule has 0 saturated carbocycles. The number of aliphatic hydroxyl groups is 1. The van der Waals surface area contributed by atoms with Crippen molar-refractivity contribution in [2.45, 2.75) is 45.5 Å². The van der Waals surface area contributed by atoms with Crippen LogP contribution in [0.1, 0.15) is 33.3 Å². The van der Waals surface area contributed by atoms with E-state index in [1.54, 1.807) is 6.20 Å². The Hall–Kier alpha value is -1.13. The van der Waals surface area contributed by atoms with Gasteiger partial charge in [-0.3, -0.25) is 0 Å². The van der Waals surface area contributed by atoms with E-state index < -0.39 is 0 Å². The molecule has 4 nitrogen and oxygen atoms in total. The maximum Gasteiger partial charge on any atom is 0.129 e. The molecular formula is C14H22N2O2. The number of hydrogen-bond donors (Lipinski definition) is 1. The lowest BCUT2D eigenvalue weighted by atomic mass is 9.99. The topological polar surface area (TPSA) is 45.6 Å². The lowest BCUT2D eigenvalue weighted by molar-refractivity contribution is -0.133. The van der Waals surface area contributed by atoms with E-state index in [0.717, 1.165) is 24.5 Å². The number of rotatable bonds is 2. The van der Waals surface area contributed by atoms with Crippen molar-refractivity contribution in [2.75, 3.05) is 18.0 Å². The number of pyridine rings is 1. The van der Waals surface area contributed by atoms with Crippen molar-refractivity contribution < 1.29 is 9.84 Å². The summed E-state index contributed by atoms with van der Waals surface area (Å²) in [6.45, 7) is 10.0. The van der Waals surface area contributed by atoms with Gasteiger partial charge in [-0.15, -0.1) is 0 Å². The zero-order chi connectivity index (χ0) is 13.4. The third kappa shape index (κ3) is 3.00. The summed E-state index contributed by atoms with van der Waals surface area (Å²) in [6, 6.07) is 3.78. The standard InChI is InChI=1S/C14H22N2O2/c1-13(2)9-16(10-14(3,4)18-13)12-7-11(8-17)5-6-15-12/h5-7,17H,8-10H2,1-4H3. The Balaban J connectivity index is 2.26. The van der Waals surface area contributed by atoms with E-state index in [0.29, 0.717) is 0 Å². The summed E-state index contributed by atoms with van der Waals surface area (Å²) < 4.78 is 6.05. The summed E-state index contributed by atoms with van der Waals surface area (Å²) in [5.74, 6) is 0.908. The second kappa shape index (κ2) is 4.52. The van der Waals surface area contributed by atoms with Crippen molar-refractivity contribution in [3.8, 4) is 0 Å². The lowest BCUT2D eigenvalue weighted by Gasteiger charge is -2.47. The molecule has 1 N–H and O–H groups in total. The maximum absolute atomic E-state index is 9.19. The van der Waals surface area contributed by atoms with Gasteiger partial charge in [-0.1, -0.05) is 0 Å². The Labute approximate surface area is 109 Å². The summed E-state index contributed by atoms with van der Waals surface area (Å²) in [5, 5.41) is 9.19. The van der Waals surface area contributed by atoms with Gasteiger partial charge in [-0.2, -0.15) is 0 Å². The molecule has 100 valence electrons. The van der Waals surface area contributed by atoms with Gasteiger partial charge in [-0.25, -0.2) is 4.98 Å². The molecule has 2 rings (SSSR count). The van der Waals surface area contributed by atoms with E-state index in [-0.39, 0.29) is 17.8 Å². The van der Waals surface area contributed by atoms with Crippen LogP contribution in [0.15, 0.2) is 18.3 Å². The number of anilines is 1. The fourth-order valence-electron chi connectivity index (χ4n) is 2.68. The fourth-order valence-corrected chi connectivity index (χ4v) is 2.68. The SMILES string of the molecule is CC1(C)CN(c2cc(CO)ccn2)CC(C)(C)O1. The van der Waals surface area contributed by atoms with Crippen molar-refractivity contribution in [3.05, 3.63) is 23.9 Å². The fraction of sp³-hybridized carbons (Fsp3) is 0.643. The van der Waals surface area contributed by atoms with E-state index in [1.165, 1.54) is 0 Å². The van der Waals surface area contributed by atoms with Crippen LogP contribution in [0, 0.1) is 0 Å². The Morgan fingerprint density at radius 3 is 2.44 bits per heavy atom. The molecular weight excluding hydrogens is 228 g/mol. The van der Waals surface area contributed by atoms with E-state index in [1.807, 2.05) is 12.1 Å². The molecule has 0 amide bonds. The molecule has 1 saturated heterocycles. The molecule has 0 spiro atoms. The van der Waals surface area contributed by atoms with Gasteiger partial charge in [0.2, 0.25) is 0 Å². The number of aromatic nitrogens is 1. The molecule has 1 fully saturated rings. The van der Waals surface area contributed by atoms with Crippen LogP contribution in [0.2, 0.25) is 0 Å². The van der Waals surface area contributed by atoms with Crippen molar-refractivity contribution in [1.29, 1.82) is 0 Å². The van der Waals surface area contributed by atoms with Crippen LogP contribution >= 0.6 is 0 Å². The van der Waals surface area contributed by atoms with E-state index in [4.69, 9.17) is 4.74 Å². The molecule has 1 aliphatic rings. The molecule has 1 aromatic heterocycles. The van der Waals surface area contributed by atoms with Gasteiger partial charge in [0.15, 0.2) is 0 Å². The highest BCUT2D eigenvalue weighted by atomic mass is 16.5. The first-order valence-electron chi connectivity index (χ1n) is 6.32. The van der Waals surface area contributed by atoms with Crippen LogP contribution in [0.5, 0.6) is 0 Å². The Morgan fingerprint density at radius 1 is 1.28 bits per heavy atom. The van der Waals surface area contributed by atoms with E-state index >= 15 is 0 Å². The molecule has 0 aliphatic carbocycles. The number of aliphatic hydroxyl groups excluding tert-OH is 1. The third-order valence-electron chi connectivity index (χ3n) is 3.01. The van der Waals surface area contributed by atoms with Crippen LogP contribution in [-0.4, -0.2) is 34.4 Å². The molecule has 1 aliphatic heterocycles. The Bertz CT molecular complexity index is 414. The smallest absolute Gasteiger partial charge is 0.129 e. The van der Waals surface area contributed by atoms with Crippen LogP contribution in [0.3, 0.4) is 0 Å². The third-order valence-corrected chi connectivity index (χ3v) is 3.01. The second-order valence-corrected chi connectivity index (χ2v) is 6.16.